The Hall–Kier alpha value is -0.900. The van der Waals surface area contributed by atoms with Gasteiger partial charge in [0, 0.05) is 5.92 Å². The van der Waals surface area contributed by atoms with Gasteiger partial charge in [-0.3, -0.25) is 0 Å². The first kappa shape index (κ1) is 12.2. The molecule has 1 aromatic rings. The average molecular weight is 210 g/mol. The van der Waals surface area contributed by atoms with Crippen molar-refractivity contribution in [3.8, 4) is 0 Å². The van der Waals surface area contributed by atoms with Crippen molar-refractivity contribution in [2.75, 3.05) is 0 Å². The van der Waals surface area contributed by atoms with Crippen LogP contribution >= 0.6 is 0 Å². The first-order valence-corrected chi connectivity index (χ1v) is 5.15. The summed E-state index contributed by atoms with van der Waals surface area (Å²) in [5.41, 5.74) is 1.08. The minimum atomic E-state index is -0.618. The number of ether oxygens (including phenoxy) is 1. The van der Waals surface area contributed by atoms with Crippen molar-refractivity contribution in [2.45, 2.75) is 39.1 Å². The number of benzene rings is 1. The Bertz CT molecular complexity index is 271. The highest BCUT2D eigenvalue weighted by atomic mass is 17.1. The van der Waals surface area contributed by atoms with Crippen LogP contribution < -0.4 is 0 Å². The minimum absolute atomic E-state index is 0.00130. The highest BCUT2D eigenvalue weighted by Crippen LogP contribution is 2.22. The van der Waals surface area contributed by atoms with Gasteiger partial charge in [0.05, 0.1) is 6.10 Å². The second-order valence-corrected chi connectivity index (χ2v) is 3.86. The Morgan fingerprint density at radius 2 is 1.67 bits per heavy atom. The van der Waals surface area contributed by atoms with Crippen LogP contribution in [0.1, 0.15) is 32.3 Å². The zero-order valence-corrected chi connectivity index (χ0v) is 9.38. The van der Waals surface area contributed by atoms with Gasteiger partial charge < -0.3 is 4.74 Å². The van der Waals surface area contributed by atoms with Gasteiger partial charge >= 0.3 is 0 Å². The lowest BCUT2D eigenvalue weighted by Crippen LogP contribution is -2.25. The maximum atomic E-state index is 8.78. The van der Waals surface area contributed by atoms with Gasteiger partial charge in [0.25, 0.3) is 0 Å². The molecule has 0 saturated heterocycles. The summed E-state index contributed by atoms with van der Waals surface area (Å²) >= 11 is 0. The molecule has 3 nitrogen and oxygen atoms in total. The molecule has 0 aliphatic rings. The summed E-state index contributed by atoms with van der Waals surface area (Å²) in [6.45, 7) is 5.77. The zero-order valence-electron chi connectivity index (χ0n) is 9.38. The number of hydrogen-bond donors (Lipinski definition) is 1. The first-order valence-electron chi connectivity index (χ1n) is 5.15. The summed E-state index contributed by atoms with van der Waals surface area (Å²) in [6, 6.07) is 9.83. The third kappa shape index (κ3) is 3.63. The summed E-state index contributed by atoms with van der Waals surface area (Å²) in [5, 5.41) is 8.78. The molecule has 0 aliphatic heterocycles. The highest BCUT2D eigenvalue weighted by Gasteiger charge is 2.21. The molecular weight excluding hydrogens is 192 g/mol. The molecular formula is C12H18O3. The van der Waals surface area contributed by atoms with E-state index in [1.165, 1.54) is 0 Å². The molecule has 1 aromatic carbocycles. The van der Waals surface area contributed by atoms with Gasteiger partial charge in [-0.1, -0.05) is 37.3 Å². The normalized spacial score (nSPS) is 15.3. The van der Waals surface area contributed by atoms with E-state index in [0.717, 1.165) is 5.56 Å². The average Bonchev–Trinajstić information content (AvgIpc) is 2.26. The van der Waals surface area contributed by atoms with Gasteiger partial charge in [-0.05, 0) is 19.4 Å². The largest absolute Gasteiger partial charge is 0.346 e. The topological polar surface area (TPSA) is 38.7 Å². The Labute approximate surface area is 90.6 Å². The highest BCUT2D eigenvalue weighted by molar-refractivity contribution is 5.19. The van der Waals surface area contributed by atoms with Crippen molar-refractivity contribution in [2.24, 2.45) is 0 Å². The first-order chi connectivity index (χ1) is 7.15. The maximum Gasteiger partial charge on any atom is 0.197 e. The van der Waals surface area contributed by atoms with E-state index in [1.807, 2.05) is 51.1 Å². The smallest absolute Gasteiger partial charge is 0.197 e. The third-order valence-corrected chi connectivity index (χ3v) is 2.24. The van der Waals surface area contributed by atoms with Crippen LogP contribution in [0.3, 0.4) is 0 Å². The Morgan fingerprint density at radius 1 is 1.07 bits per heavy atom. The van der Waals surface area contributed by atoms with Crippen molar-refractivity contribution in [1.29, 1.82) is 0 Å². The van der Waals surface area contributed by atoms with Crippen LogP contribution in [0.4, 0.5) is 0 Å². The van der Waals surface area contributed by atoms with E-state index in [2.05, 4.69) is 4.89 Å². The van der Waals surface area contributed by atoms with Crippen molar-refractivity contribution in [3.05, 3.63) is 35.9 Å². The van der Waals surface area contributed by atoms with Crippen LogP contribution in [0, 0.1) is 0 Å². The van der Waals surface area contributed by atoms with Crippen LogP contribution in [0.25, 0.3) is 0 Å². The lowest BCUT2D eigenvalue weighted by Gasteiger charge is -2.23. The summed E-state index contributed by atoms with van der Waals surface area (Å²) in [6.07, 6.45) is -0.597. The van der Waals surface area contributed by atoms with E-state index in [1.54, 1.807) is 0 Å². The van der Waals surface area contributed by atoms with E-state index >= 15 is 0 Å². The fourth-order valence-electron chi connectivity index (χ4n) is 1.42. The molecule has 0 fully saturated rings. The predicted molar refractivity (Wildman–Crippen MR) is 58.6 cm³/mol. The van der Waals surface area contributed by atoms with Crippen molar-refractivity contribution >= 4 is 0 Å². The fraction of sp³-hybridized carbons (Fsp3) is 0.500. The molecule has 84 valence electrons. The summed E-state index contributed by atoms with van der Waals surface area (Å²) in [7, 11) is 0. The van der Waals surface area contributed by atoms with Gasteiger partial charge in [0.2, 0.25) is 0 Å². The van der Waals surface area contributed by atoms with E-state index in [9.17, 15) is 0 Å². The van der Waals surface area contributed by atoms with Crippen molar-refractivity contribution in [1.82, 2.24) is 0 Å². The Kier molecular flexibility index (Phi) is 4.75. The molecule has 0 amide bonds. The quantitative estimate of drug-likeness (QED) is 0.461. The molecule has 0 saturated carbocycles. The molecule has 2 atom stereocenters. The lowest BCUT2D eigenvalue weighted by molar-refractivity contribution is -0.357. The third-order valence-electron chi connectivity index (χ3n) is 2.24. The van der Waals surface area contributed by atoms with Crippen LogP contribution in [-0.2, 0) is 9.62 Å². The van der Waals surface area contributed by atoms with Gasteiger partial charge in [0.1, 0.15) is 0 Å². The van der Waals surface area contributed by atoms with E-state index in [0.29, 0.717) is 0 Å². The van der Waals surface area contributed by atoms with Gasteiger partial charge in [0.15, 0.2) is 6.29 Å². The molecule has 0 aromatic heterocycles. The molecule has 0 radical (unpaired) electrons. The lowest BCUT2D eigenvalue weighted by atomic mass is 10.0. The summed E-state index contributed by atoms with van der Waals surface area (Å²) in [5.74, 6) is -0.00130. The zero-order chi connectivity index (χ0) is 11.3. The number of rotatable bonds is 5. The molecule has 0 heterocycles. The second-order valence-electron chi connectivity index (χ2n) is 3.86. The van der Waals surface area contributed by atoms with Crippen LogP contribution in [0.15, 0.2) is 30.3 Å². The predicted octanol–water partition coefficient (Wildman–Crippen LogP) is 3.03. The van der Waals surface area contributed by atoms with Gasteiger partial charge in [-0.2, -0.15) is 0 Å². The fourth-order valence-corrected chi connectivity index (χ4v) is 1.42. The summed E-state index contributed by atoms with van der Waals surface area (Å²) in [4.78, 5) is 4.36. The standard InChI is InChI=1S/C12H18O3/c1-9(2)14-12(15-13)10(3)11-7-5-4-6-8-11/h4-10,12-13H,1-3H3/t10-,12+/m0/s1. The summed E-state index contributed by atoms with van der Waals surface area (Å²) < 4.78 is 5.44. The molecule has 0 aliphatic carbocycles. The Morgan fingerprint density at radius 3 is 2.13 bits per heavy atom. The molecule has 0 bridgehead atoms. The molecule has 1 N–H and O–H groups in total. The van der Waals surface area contributed by atoms with Crippen LogP contribution in [0.2, 0.25) is 0 Å². The van der Waals surface area contributed by atoms with E-state index in [-0.39, 0.29) is 12.0 Å². The van der Waals surface area contributed by atoms with Gasteiger partial charge in [-0.25, -0.2) is 10.1 Å². The van der Waals surface area contributed by atoms with E-state index < -0.39 is 6.29 Å². The van der Waals surface area contributed by atoms with Crippen LogP contribution in [0.5, 0.6) is 0 Å². The molecule has 0 unspecified atom stereocenters. The molecule has 3 heteroatoms. The van der Waals surface area contributed by atoms with Gasteiger partial charge in [-0.15, -0.1) is 0 Å². The maximum absolute atomic E-state index is 8.78. The molecule has 0 spiro atoms. The second kappa shape index (κ2) is 5.85. The molecule has 15 heavy (non-hydrogen) atoms. The van der Waals surface area contributed by atoms with Crippen LogP contribution in [-0.4, -0.2) is 17.7 Å². The SMILES string of the molecule is CC(C)O[C@H](OO)[C@@H](C)c1ccccc1. The molecule has 1 rings (SSSR count). The van der Waals surface area contributed by atoms with E-state index in [4.69, 9.17) is 9.99 Å². The van der Waals surface area contributed by atoms with Crippen molar-refractivity contribution < 1.29 is 14.9 Å². The van der Waals surface area contributed by atoms with Crippen molar-refractivity contribution in [3.63, 3.8) is 0 Å². The Balaban J connectivity index is 2.69. The minimum Gasteiger partial charge on any atom is -0.346 e. The monoisotopic (exact) mass is 210 g/mol. The number of hydrogen-bond acceptors (Lipinski definition) is 3.